The van der Waals surface area contributed by atoms with E-state index in [9.17, 15) is 9.59 Å². The van der Waals surface area contributed by atoms with Gasteiger partial charge in [0, 0.05) is 12.3 Å². The molecule has 0 amide bonds. The van der Waals surface area contributed by atoms with E-state index >= 15 is 0 Å². The number of hydrogen-bond acceptors (Lipinski definition) is 2. The molecule has 2 heteroatoms. The molecule has 4 aliphatic rings. The lowest BCUT2D eigenvalue weighted by Gasteiger charge is -2.58. The highest BCUT2D eigenvalue weighted by atomic mass is 16.1. The smallest absolute Gasteiger partial charge is 0.155 e. The van der Waals surface area contributed by atoms with Gasteiger partial charge in [-0.3, -0.25) is 9.59 Å². The van der Waals surface area contributed by atoms with Gasteiger partial charge in [0.2, 0.25) is 0 Å². The first-order valence-electron chi connectivity index (χ1n) is 10.1. The highest BCUT2D eigenvalue weighted by molar-refractivity contribution is 5.91. The first kappa shape index (κ1) is 18.6. The van der Waals surface area contributed by atoms with Crippen molar-refractivity contribution in [2.24, 2.45) is 34.5 Å². The van der Waals surface area contributed by atoms with Gasteiger partial charge in [0.15, 0.2) is 5.78 Å². The van der Waals surface area contributed by atoms with Crippen LogP contribution in [0.3, 0.4) is 0 Å². The van der Waals surface area contributed by atoms with E-state index in [2.05, 4.69) is 27.0 Å². The summed E-state index contributed by atoms with van der Waals surface area (Å²) in [5.41, 5.74) is 1.95. The van der Waals surface area contributed by atoms with Gasteiger partial charge in [0.25, 0.3) is 0 Å². The molecule has 0 aromatic rings. The number of allylic oxidation sites excluding steroid dienone is 1. The number of fused-ring (bicyclic) bond motifs is 5. The van der Waals surface area contributed by atoms with E-state index in [-0.39, 0.29) is 10.8 Å². The van der Waals surface area contributed by atoms with Crippen molar-refractivity contribution >= 4 is 11.6 Å². The van der Waals surface area contributed by atoms with Crippen LogP contribution in [0.1, 0.15) is 72.1 Å². The molecule has 0 unspecified atom stereocenters. The van der Waals surface area contributed by atoms with Crippen molar-refractivity contribution in [2.45, 2.75) is 72.1 Å². The molecular formula is C23H34O2. The van der Waals surface area contributed by atoms with E-state index in [1.807, 2.05) is 6.08 Å². The summed E-state index contributed by atoms with van der Waals surface area (Å²) in [5.74, 6) is 3.29. The predicted molar refractivity (Wildman–Crippen MR) is 102 cm³/mol. The van der Waals surface area contributed by atoms with Crippen LogP contribution in [-0.2, 0) is 9.59 Å². The fourth-order valence-electron chi connectivity index (χ4n) is 7.23. The third kappa shape index (κ3) is 2.67. The highest BCUT2D eigenvalue weighted by Crippen LogP contribution is 2.66. The van der Waals surface area contributed by atoms with Gasteiger partial charge in [-0.25, -0.2) is 0 Å². The van der Waals surface area contributed by atoms with Gasteiger partial charge in [-0.15, -0.1) is 13.2 Å². The van der Waals surface area contributed by atoms with Crippen LogP contribution in [0.15, 0.2) is 24.8 Å². The van der Waals surface area contributed by atoms with Crippen molar-refractivity contribution in [1.82, 2.24) is 0 Å². The Morgan fingerprint density at radius 2 is 1.76 bits per heavy atom. The normalized spacial score (nSPS) is 45.2. The predicted octanol–water partition coefficient (Wildman–Crippen LogP) is 5.53. The fourth-order valence-corrected chi connectivity index (χ4v) is 7.23. The lowest BCUT2D eigenvalue weighted by Crippen LogP contribution is -2.51. The molecule has 0 radical (unpaired) electrons. The van der Waals surface area contributed by atoms with Gasteiger partial charge < -0.3 is 0 Å². The fraction of sp³-hybridized carbons (Fsp3) is 0.739. The summed E-state index contributed by atoms with van der Waals surface area (Å²) in [6.45, 7) is 12.6. The zero-order valence-corrected chi connectivity index (χ0v) is 16.3. The van der Waals surface area contributed by atoms with Crippen molar-refractivity contribution in [1.29, 1.82) is 0 Å². The van der Waals surface area contributed by atoms with Crippen LogP contribution in [0.2, 0.25) is 0 Å². The van der Waals surface area contributed by atoms with Gasteiger partial charge in [-0.2, -0.15) is 0 Å². The first-order valence-corrected chi connectivity index (χ1v) is 10.1. The summed E-state index contributed by atoms with van der Waals surface area (Å²) in [5, 5.41) is 0. The number of ketones is 2. The Bertz CT molecular complexity index is 603. The second-order valence-corrected chi connectivity index (χ2v) is 9.25. The molecule has 0 spiro atoms. The number of Topliss-reactive ketones (excluding diaryl/α,β-unsaturated/α-hetero) is 1. The molecule has 0 heterocycles. The Labute approximate surface area is 153 Å². The van der Waals surface area contributed by atoms with Crippen molar-refractivity contribution in [3.8, 4) is 0 Å². The standard InChI is InChI=1S/C21H30O2.C2H4/c1-13(22)17-6-7-18-16-5-4-14-12-15(23)8-10-20(14,2)19(16)9-11-21(17,18)3;1-2/h12,16-19H,4-11H2,1-3H3;1-2H2/t16-,17+,18-,19+,20+,21+;/m0./s1. The maximum Gasteiger partial charge on any atom is 0.155 e. The maximum absolute atomic E-state index is 12.1. The van der Waals surface area contributed by atoms with Gasteiger partial charge in [0.1, 0.15) is 5.78 Å². The van der Waals surface area contributed by atoms with E-state index in [1.165, 1.54) is 31.3 Å². The largest absolute Gasteiger partial charge is 0.300 e. The Morgan fingerprint density at radius 3 is 2.44 bits per heavy atom. The summed E-state index contributed by atoms with van der Waals surface area (Å²) < 4.78 is 0. The molecule has 4 rings (SSSR count). The van der Waals surface area contributed by atoms with E-state index in [1.54, 1.807) is 6.92 Å². The van der Waals surface area contributed by atoms with Crippen LogP contribution < -0.4 is 0 Å². The maximum atomic E-state index is 12.1. The van der Waals surface area contributed by atoms with E-state index in [4.69, 9.17) is 0 Å². The summed E-state index contributed by atoms with van der Waals surface area (Å²) in [4.78, 5) is 24.0. The molecule has 0 saturated heterocycles. The molecule has 4 aliphatic carbocycles. The van der Waals surface area contributed by atoms with Crippen molar-refractivity contribution < 1.29 is 9.59 Å². The molecule has 0 bridgehead atoms. The number of carbonyl (C=O) groups excluding carboxylic acids is 2. The minimum absolute atomic E-state index is 0.245. The molecule has 25 heavy (non-hydrogen) atoms. The van der Waals surface area contributed by atoms with E-state index in [0.29, 0.717) is 17.5 Å². The van der Waals surface area contributed by atoms with Crippen molar-refractivity contribution in [2.75, 3.05) is 0 Å². The molecule has 138 valence electrons. The van der Waals surface area contributed by atoms with Gasteiger partial charge in [-0.1, -0.05) is 19.4 Å². The van der Waals surface area contributed by atoms with Crippen molar-refractivity contribution in [3.05, 3.63) is 24.8 Å². The second kappa shape index (κ2) is 6.52. The zero-order valence-electron chi connectivity index (χ0n) is 16.3. The molecule has 0 aromatic carbocycles. The third-order valence-corrected chi connectivity index (χ3v) is 8.45. The van der Waals surface area contributed by atoms with E-state index < -0.39 is 0 Å². The Balaban J connectivity index is 0.000000880. The van der Waals surface area contributed by atoms with Crippen LogP contribution in [-0.4, -0.2) is 11.6 Å². The van der Waals surface area contributed by atoms with Gasteiger partial charge in [0.05, 0.1) is 0 Å². The third-order valence-electron chi connectivity index (χ3n) is 8.45. The summed E-state index contributed by atoms with van der Waals surface area (Å²) >= 11 is 0. The number of rotatable bonds is 1. The molecule has 3 saturated carbocycles. The first-order chi connectivity index (χ1) is 11.9. The minimum atomic E-state index is 0.245. The quantitative estimate of drug-likeness (QED) is 0.587. The van der Waals surface area contributed by atoms with Crippen LogP contribution in [0.4, 0.5) is 0 Å². The minimum Gasteiger partial charge on any atom is -0.300 e. The molecular weight excluding hydrogens is 308 g/mol. The zero-order chi connectivity index (χ0) is 18.4. The Kier molecular flexibility index (Phi) is 4.85. The van der Waals surface area contributed by atoms with E-state index in [0.717, 1.165) is 43.4 Å². The van der Waals surface area contributed by atoms with Crippen molar-refractivity contribution in [3.63, 3.8) is 0 Å². The van der Waals surface area contributed by atoms with Crippen LogP contribution >= 0.6 is 0 Å². The lowest BCUT2D eigenvalue weighted by molar-refractivity contribution is -0.128. The van der Waals surface area contributed by atoms with Crippen LogP contribution in [0.5, 0.6) is 0 Å². The monoisotopic (exact) mass is 342 g/mol. The summed E-state index contributed by atoms with van der Waals surface area (Å²) in [7, 11) is 0. The van der Waals surface area contributed by atoms with Crippen LogP contribution in [0, 0.1) is 34.5 Å². The molecule has 0 aromatic heterocycles. The molecule has 0 aliphatic heterocycles. The molecule has 3 fully saturated rings. The SMILES string of the molecule is C=C.CC(=O)[C@H]1CC[C@H]2[C@@H]3CCC4=CC(=O)CC[C@@]4(C)[C@@H]3CC[C@]12C. The summed E-state index contributed by atoms with van der Waals surface area (Å²) in [6, 6.07) is 0. The molecule has 0 N–H and O–H groups in total. The van der Waals surface area contributed by atoms with Gasteiger partial charge in [-0.05, 0) is 86.5 Å². The number of hydrogen-bond donors (Lipinski definition) is 0. The Morgan fingerprint density at radius 1 is 1.04 bits per heavy atom. The van der Waals surface area contributed by atoms with Crippen LogP contribution in [0.25, 0.3) is 0 Å². The number of carbonyl (C=O) groups is 2. The summed E-state index contributed by atoms with van der Waals surface area (Å²) in [6.07, 6.45) is 10.9. The Hall–Kier alpha value is -1.18. The topological polar surface area (TPSA) is 34.1 Å². The van der Waals surface area contributed by atoms with Gasteiger partial charge >= 0.3 is 0 Å². The highest BCUT2D eigenvalue weighted by Gasteiger charge is 2.59. The molecule has 6 atom stereocenters. The molecule has 2 nitrogen and oxygen atoms in total. The second-order valence-electron chi connectivity index (χ2n) is 9.25. The lowest BCUT2D eigenvalue weighted by atomic mass is 9.47. The average Bonchev–Trinajstić information content (AvgIpc) is 2.95. The average molecular weight is 343 g/mol.